The maximum atomic E-state index is 11.6. The van der Waals surface area contributed by atoms with Gasteiger partial charge < -0.3 is 15.8 Å². The van der Waals surface area contributed by atoms with Gasteiger partial charge in [0.15, 0.2) is 5.82 Å². The van der Waals surface area contributed by atoms with Crippen LogP contribution in [-0.4, -0.2) is 22.5 Å². The van der Waals surface area contributed by atoms with E-state index in [2.05, 4.69) is 15.3 Å². The molecule has 19 heavy (non-hydrogen) atoms. The van der Waals surface area contributed by atoms with Crippen molar-refractivity contribution in [1.29, 1.82) is 0 Å². The van der Waals surface area contributed by atoms with Crippen LogP contribution in [0.15, 0.2) is 42.9 Å². The molecular weight excluding hydrogens is 244 g/mol. The summed E-state index contributed by atoms with van der Waals surface area (Å²) in [6.07, 6.45) is 4.74. The molecule has 6 nitrogen and oxygen atoms in total. The Hall–Kier alpha value is -2.63. The summed E-state index contributed by atoms with van der Waals surface area (Å²) in [5.74, 6) is 0.816. The van der Waals surface area contributed by atoms with E-state index in [4.69, 9.17) is 10.5 Å². The van der Waals surface area contributed by atoms with E-state index in [1.165, 1.54) is 18.6 Å². The number of ether oxygens (including phenoxy) is 1. The fraction of sp³-hybridized carbons (Fsp3) is 0.154. The zero-order valence-corrected chi connectivity index (χ0v) is 10.2. The highest BCUT2D eigenvalue weighted by atomic mass is 16.5. The molecule has 0 bridgehead atoms. The zero-order valence-electron chi connectivity index (χ0n) is 10.2. The first-order chi connectivity index (χ1) is 9.25. The Balaban J connectivity index is 1.77. The van der Waals surface area contributed by atoms with Crippen molar-refractivity contribution in [2.45, 2.75) is 6.42 Å². The van der Waals surface area contributed by atoms with Crippen molar-refractivity contribution in [3.8, 4) is 5.75 Å². The van der Waals surface area contributed by atoms with Gasteiger partial charge in [-0.3, -0.25) is 9.78 Å². The molecule has 3 N–H and O–H groups in total. The van der Waals surface area contributed by atoms with Crippen LogP contribution in [0.3, 0.4) is 0 Å². The summed E-state index contributed by atoms with van der Waals surface area (Å²) in [5, 5.41) is 2.62. The van der Waals surface area contributed by atoms with Gasteiger partial charge in [0.1, 0.15) is 5.75 Å². The van der Waals surface area contributed by atoms with Gasteiger partial charge in [0.2, 0.25) is 5.91 Å². The van der Waals surface area contributed by atoms with Crippen molar-refractivity contribution in [3.63, 3.8) is 0 Å². The number of nitrogen functional groups attached to an aromatic ring is 1. The fourth-order valence-electron chi connectivity index (χ4n) is 1.43. The van der Waals surface area contributed by atoms with Crippen LogP contribution in [0.2, 0.25) is 0 Å². The zero-order chi connectivity index (χ0) is 13.5. The minimum absolute atomic E-state index is 0.185. The number of nitrogens with zero attached hydrogens (tertiary/aromatic N) is 2. The normalized spacial score (nSPS) is 9.89. The highest BCUT2D eigenvalue weighted by Gasteiger charge is 2.04. The molecule has 98 valence electrons. The van der Waals surface area contributed by atoms with E-state index in [1.54, 1.807) is 12.1 Å². The highest BCUT2D eigenvalue weighted by Crippen LogP contribution is 2.19. The lowest BCUT2D eigenvalue weighted by Gasteiger charge is -2.08. The number of carbonyl (C=O) groups excluding carboxylic acids is 1. The lowest BCUT2D eigenvalue weighted by molar-refractivity contribution is -0.116. The molecule has 0 aliphatic rings. The van der Waals surface area contributed by atoms with E-state index in [1.807, 2.05) is 12.1 Å². The van der Waals surface area contributed by atoms with Gasteiger partial charge in [0.25, 0.3) is 0 Å². The van der Waals surface area contributed by atoms with Crippen molar-refractivity contribution < 1.29 is 9.53 Å². The molecule has 2 aromatic rings. The van der Waals surface area contributed by atoms with Crippen molar-refractivity contribution in [2.24, 2.45) is 0 Å². The molecule has 0 spiro atoms. The number of aromatic nitrogens is 2. The summed E-state index contributed by atoms with van der Waals surface area (Å²) in [4.78, 5) is 19.4. The van der Waals surface area contributed by atoms with Gasteiger partial charge >= 0.3 is 0 Å². The van der Waals surface area contributed by atoms with Gasteiger partial charge in [-0.05, 0) is 12.1 Å². The minimum Gasteiger partial charge on any atom is -0.491 e. The topological polar surface area (TPSA) is 90.1 Å². The van der Waals surface area contributed by atoms with Crippen molar-refractivity contribution in [3.05, 3.63) is 42.9 Å². The van der Waals surface area contributed by atoms with Gasteiger partial charge in [-0.25, -0.2) is 4.98 Å². The molecule has 6 heteroatoms. The fourth-order valence-corrected chi connectivity index (χ4v) is 1.43. The summed E-state index contributed by atoms with van der Waals surface area (Å²) in [6, 6.07) is 7.15. The Kier molecular flexibility index (Phi) is 4.28. The molecule has 1 aromatic carbocycles. The molecule has 0 fully saturated rings. The first-order valence-corrected chi connectivity index (χ1v) is 5.79. The van der Waals surface area contributed by atoms with E-state index in [0.717, 1.165) is 0 Å². The third-order valence-corrected chi connectivity index (χ3v) is 2.34. The molecule has 1 heterocycles. The SMILES string of the molecule is Nc1ccccc1OCCC(=O)Nc1cnccn1. The number of hydrogen-bond donors (Lipinski definition) is 2. The van der Waals surface area contributed by atoms with Crippen LogP contribution in [0.1, 0.15) is 6.42 Å². The van der Waals surface area contributed by atoms with E-state index >= 15 is 0 Å². The lowest BCUT2D eigenvalue weighted by atomic mass is 10.3. The molecule has 0 saturated carbocycles. The summed E-state index contributed by atoms with van der Waals surface area (Å²) < 4.78 is 5.42. The smallest absolute Gasteiger partial charge is 0.228 e. The second-order valence-corrected chi connectivity index (χ2v) is 3.78. The number of carbonyl (C=O) groups is 1. The van der Waals surface area contributed by atoms with Crippen LogP contribution in [0.5, 0.6) is 5.75 Å². The quantitative estimate of drug-likeness (QED) is 0.792. The number of anilines is 2. The van der Waals surface area contributed by atoms with E-state index < -0.39 is 0 Å². The standard InChI is InChI=1S/C13H14N4O2/c14-10-3-1-2-4-11(10)19-8-5-13(18)17-12-9-15-6-7-16-12/h1-4,6-7,9H,5,8,14H2,(H,16,17,18). The number of para-hydroxylation sites is 2. The van der Waals surface area contributed by atoms with Gasteiger partial charge in [0, 0.05) is 12.4 Å². The molecule has 0 saturated heterocycles. The van der Waals surface area contributed by atoms with Gasteiger partial charge in [-0.1, -0.05) is 12.1 Å². The van der Waals surface area contributed by atoms with Crippen LogP contribution < -0.4 is 15.8 Å². The molecule has 1 amide bonds. The molecular formula is C13H14N4O2. The average Bonchev–Trinajstić information content (AvgIpc) is 2.42. The Morgan fingerprint density at radius 3 is 2.89 bits per heavy atom. The molecule has 0 unspecified atom stereocenters. The second kappa shape index (κ2) is 6.34. The number of hydrogen-bond acceptors (Lipinski definition) is 5. The van der Waals surface area contributed by atoms with Crippen LogP contribution in [-0.2, 0) is 4.79 Å². The van der Waals surface area contributed by atoms with Gasteiger partial charge in [-0.2, -0.15) is 0 Å². The Labute approximate surface area is 110 Å². The number of nitrogens with one attached hydrogen (secondary N) is 1. The Morgan fingerprint density at radius 2 is 2.16 bits per heavy atom. The van der Waals surface area contributed by atoms with Crippen LogP contribution in [0.4, 0.5) is 11.5 Å². The third kappa shape index (κ3) is 3.95. The maximum Gasteiger partial charge on any atom is 0.228 e. The van der Waals surface area contributed by atoms with Crippen molar-refractivity contribution in [2.75, 3.05) is 17.7 Å². The number of benzene rings is 1. The van der Waals surface area contributed by atoms with Gasteiger partial charge in [-0.15, -0.1) is 0 Å². The highest BCUT2D eigenvalue weighted by molar-refractivity contribution is 5.89. The molecule has 2 rings (SSSR count). The van der Waals surface area contributed by atoms with E-state index in [0.29, 0.717) is 17.3 Å². The Morgan fingerprint density at radius 1 is 1.32 bits per heavy atom. The largest absolute Gasteiger partial charge is 0.491 e. The lowest BCUT2D eigenvalue weighted by Crippen LogP contribution is -2.16. The van der Waals surface area contributed by atoms with Crippen molar-refractivity contribution >= 4 is 17.4 Å². The van der Waals surface area contributed by atoms with Crippen LogP contribution in [0, 0.1) is 0 Å². The summed E-state index contributed by atoms with van der Waals surface area (Å²) in [5.41, 5.74) is 6.27. The van der Waals surface area contributed by atoms with Gasteiger partial charge in [0.05, 0.1) is 24.9 Å². The molecule has 0 aliphatic heterocycles. The first kappa shape index (κ1) is 12.8. The summed E-state index contributed by atoms with van der Waals surface area (Å²) in [6.45, 7) is 0.250. The average molecular weight is 258 g/mol. The maximum absolute atomic E-state index is 11.6. The van der Waals surface area contributed by atoms with Crippen LogP contribution >= 0.6 is 0 Å². The molecule has 0 atom stereocenters. The predicted octanol–water partition coefficient (Wildman–Crippen LogP) is 1.47. The first-order valence-electron chi connectivity index (χ1n) is 5.79. The monoisotopic (exact) mass is 258 g/mol. The van der Waals surface area contributed by atoms with E-state index in [9.17, 15) is 4.79 Å². The minimum atomic E-state index is -0.185. The number of rotatable bonds is 5. The number of nitrogens with two attached hydrogens (primary N) is 1. The number of amides is 1. The molecule has 0 aliphatic carbocycles. The second-order valence-electron chi connectivity index (χ2n) is 3.78. The van der Waals surface area contributed by atoms with Crippen molar-refractivity contribution in [1.82, 2.24) is 9.97 Å². The molecule has 1 aromatic heterocycles. The molecule has 0 radical (unpaired) electrons. The Bertz CT molecular complexity index is 545. The van der Waals surface area contributed by atoms with E-state index in [-0.39, 0.29) is 18.9 Å². The van der Waals surface area contributed by atoms with Crippen LogP contribution in [0.25, 0.3) is 0 Å². The third-order valence-electron chi connectivity index (χ3n) is 2.34. The summed E-state index contributed by atoms with van der Waals surface area (Å²) in [7, 11) is 0. The predicted molar refractivity (Wildman–Crippen MR) is 71.6 cm³/mol. The summed E-state index contributed by atoms with van der Waals surface area (Å²) >= 11 is 0.